The van der Waals surface area contributed by atoms with E-state index in [4.69, 9.17) is 9.47 Å². The van der Waals surface area contributed by atoms with Crippen molar-refractivity contribution in [3.05, 3.63) is 106 Å². The van der Waals surface area contributed by atoms with Gasteiger partial charge in [0.15, 0.2) is 0 Å². The first kappa shape index (κ1) is 23.1. The SMILES string of the molecule is CNc1ncccc1CNc1ccc2c(c1)Cc1cccc(C3CN(c4ccc[nH]c4=O)CCO3)c1O2. The number of aromatic amines is 1. The Morgan fingerprint density at radius 1 is 1.11 bits per heavy atom. The molecule has 0 aliphatic carbocycles. The number of nitrogens with one attached hydrogen (secondary N) is 3. The van der Waals surface area contributed by atoms with E-state index in [0.717, 1.165) is 51.7 Å². The second kappa shape index (κ2) is 9.99. The average Bonchev–Trinajstić information content (AvgIpc) is 2.95. The summed E-state index contributed by atoms with van der Waals surface area (Å²) in [5.74, 6) is 2.59. The fourth-order valence-corrected chi connectivity index (χ4v) is 5.09. The molecule has 2 aromatic heterocycles. The Balaban J connectivity index is 1.21. The molecule has 0 spiro atoms. The molecule has 2 aliphatic rings. The quantitative estimate of drug-likeness (QED) is 0.315. The van der Waals surface area contributed by atoms with Crippen LogP contribution in [-0.4, -0.2) is 36.7 Å². The molecule has 2 aromatic carbocycles. The molecular formula is C29H29N5O3. The maximum Gasteiger partial charge on any atom is 0.271 e. The molecule has 2 aliphatic heterocycles. The number of H-pyrrole nitrogens is 1. The number of para-hydroxylation sites is 1. The molecule has 8 heteroatoms. The van der Waals surface area contributed by atoms with Crippen LogP contribution in [0.3, 0.4) is 0 Å². The first-order valence-electron chi connectivity index (χ1n) is 12.5. The molecule has 1 unspecified atom stereocenters. The van der Waals surface area contributed by atoms with Crippen molar-refractivity contribution in [2.24, 2.45) is 0 Å². The molecular weight excluding hydrogens is 466 g/mol. The van der Waals surface area contributed by atoms with Crippen LogP contribution in [0.4, 0.5) is 17.2 Å². The molecule has 6 rings (SSSR count). The zero-order valence-corrected chi connectivity index (χ0v) is 20.7. The van der Waals surface area contributed by atoms with E-state index < -0.39 is 0 Å². The van der Waals surface area contributed by atoms with Crippen LogP contribution < -0.4 is 25.8 Å². The largest absolute Gasteiger partial charge is 0.456 e. The first-order chi connectivity index (χ1) is 18.2. The number of pyridine rings is 2. The van der Waals surface area contributed by atoms with E-state index in [0.29, 0.717) is 31.9 Å². The molecule has 37 heavy (non-hydrogen) atoms. The molecule has 188 valence electrons. The monoisotopic (exact) mass is 495 g/mol. The van der Waals surface area contributed by atoms with Gasteiger partial charge in [-0.05, 0) is 42.0 Å². The highest BCUT2D eigenvalue weighted by atomic mass is 16.5. The van der Waals surface area contributed by atoms with E-state index in [9.17, 15) is 4.79 Å². The van der Waals surface area contributed by atoms with Gasteiger partial charge in [0.05, 0.1) is 6.61 Å². The van der Waals surface area contributed by atoms with Crippen molar-refractivity contribution in [2.45, 2.75) is 19.1 Å². The van der Waals surface area contributed by atoms with Gasteiger partial charge in [0.1, 0.15) is 29.1 Å². The smallest absolute Gasteiger partial charge is 0.271 e. The summed E-state index contributed by atoms with van der Waals surface area (Å²) in [6.45, 7) is 2.48. The lowest BCUT2D eigenvalue weighted by Crippen LogP contribution is -2.41. The molecule has 4 heterocycles. The molecule has 1 atom stereocenters. The van der Waals surface area contributed by atoms with Gasteiger partial charge in [0.2, 0.25) is 0 Å². The van der Waals surface area contributed by atoms with Crippen LogP contribution in [0.25, 0.3) is 0 Å². The van der Waals surface area contributed by atoms with Crippen LogP contribution >= 0.6 is 0 Å². The zero-order valence-electron chi connectivity index (χ0n) is 20.7. The van der Waals surface area contributed by atoms with E-state index in [1.165, 1.54) is 0 Å². The summed E-state index contributed by atoms with van der Waals surface area (Å²) < 4.78 is 12.6. The summed E-state index contributed by atoms with van der Waals surface area (Å²) in [5.41, 5.74) is 6.00. The highest BCUT2D eigenvalue weighted by Gasteiger charge is 2.29. The highest BCUT2D eigenvalue weighted by Crippen LogP contribution is 2.43. The minimum absolute atomic E-state index is 0.0847. The van der Waals surface area contributed by atoms with E-state index in [1.807, 2.05) is 37.4 Å². The number of rotatable bonds is 6. The number of nitrogens with zero attached hydrogens (tertiary/aromatic N) is 2. The maximum atomic E-state index is 12.3. The Morgan fingerprint density at radius 3 is 2.95 bits per heavy atom. The lowest BCUT2D eigenvalue weighted by molar-refractivity contribution is 0.0383. The van der Waals surface area contributed by atoms with Crippen LogP contribution in [0.2, 0.25) is 0 Å². The van der Waals surface area contributed by atoms with Crippen molar-refractivity contribution in [3.63, 3.8) is 0 Å². The summed E-state index contributed by atoms with van der Waals surface area (Å²) in [6.07, 6.45) is 4.03. The van der Waals surface area contributed by atoms with Crippen molar-refractivity contribution in [3.8, 4) is 11.5 Å². The molecule has 3 N–H and O–H groups in total. The molecule has 0 amide bonds. The summed E-state index contributed by atoms with van der Waals surface area (Å²) in [5, 5.41) is 6.65. The van der Waals surface area contributed by atoms with Gasteiger partial charge in [-0.25, -0.2) is 4.98 Å². The second-order valence-electron chi connectivity index (χ2n) is 9.24. The van der Waals surface area contributed by atoms with Crippen molar-refractivity contribution >= 4 is 17.2 Å². The Bertz CT molecular complexity index is 1480. The summed E-state index contributed by atoms with van der Waals surface area (Å²) in [7, 11) is 1.88. The fourth-order valence-electron chi connectivity index (χ4n) is 5.09. The number of morpholine rings is 1. The summed E-state index contributed by atoms with van der Waals surface area (Å²) in [4.78, 5) is 21.6. The van der Waals surface area contributed by atoms with Gasteiger partial charge >= 0.3 is 0 Å². The lowest BCUT2D eigenvalue weighted by atomic mass is 9.95. The van der Waals surface area contributed by atoms with Crippen molar-refractivity contribution in [2.75, 3.05) is 42.3 Å². The molecule has 0 radical (unpaired) electrons. The van der Waals surface area contributed by atoms with E-state index in [-0.39, 0.29) is 11.7 Å². The number of aromatic nitrogens is 2. The third-order valence-corrected chi connectivity index (χ3v) is 6.94. The Labute approximate surface area is 215 Å². The van der Waals surface area contributed by atoms with Gasteiger partial charge in [0, 0.05) is 67.9 Å². The average molecular weight is 496 g/mol. The molecule has 1 saturated heterocycles. The van der Waals surface area contributed by atoms with Gasteiger partial charge in [-0.3, -0.25) is 4.79 Å². The number of fused-ring (bicyclic) bond motifs is 2. The van der Waals surface area contributed by atoms with E-state index in [2.05, 4.69) is 55.8 Å². The predicted molar refractivity (Wildman–Crippen MR) is 145 cm³/mol. The Hall–Kier alpha value is -4.30. The maximum absolute atomic E-state index is 12.3. The molecule has 0 saturated carbocycles. The normalized spacial score (nSPS) is 16.4. The second-order valence-corrected chi connectivity index (χ2v) is 9.24. The number of hydrogen-bond acceptors (Lipinski definition) is 7. The lowest BCUT2D eigenvalue weighted by Gasteiger charge is -2.35. The van der Waals surface area contributed by atoms with Crippen LogP contribution in [-0.2, 0) is 17.7 Å². The van der Waals surface area contributed by atoms with Crippen LogP contribution in [0.5, 0.6) is 11.5 Å². The van der Waals surface area contributed by atoms with E-state index >= 15 is 0 Å². The van der Waals surface area contributed by atoms with Crippen LogP contribution in [0.1, 0.15) is 28.4 Å². The third-order valence-electron chi connectivity index (χ3n) is 6.94. The molecule has 4 aromatic rings. The van der Waals surface area contributed by atoms with Gasteiger partial charge in [-0.15, -0.1) is 0 Å². The van der Waals surface area contributed by atoms with Gasteiger partial charge < -0.3 is 30.0 Å². The van der Waals surface area contributed by atoms with Crippen molar-refractivity contribution in [1.82, 2.24) is 9.97 Å². The minimum Gasteiger partial charge on any atom is -0.456 e. The first-order valence-corrected chi connectivity index (χ1v) is 12.5. The number of benzene rings is 2. The van der Waals surface area contributed by atoms with Crippen molar-refractivity contribution < 1.29 is 9.47 Å². The van der Waals surface area contributed by atoms with Gasteiger partial charge in [0.25, 0.3) is 5.56 Å². The molecule has 8 nitrogen and oxygen atoms in total. The molecule has 0 bridgehead atoms. The Kier molecular flexibility index (Phi) is 6.24. The standard InChI is InChI=1S/C29H29N5O3/c1-30-28-20(6-3-11-31-28)17-33-22-9-10-25-21(16-22)15-19-5-2-7-23(27(19)37-25)26-18-34(13-14-36-26)24-8-4-12-32-29(24)35/h2-12,16,26,33H,13-15,17-18H2,1H3,(H,30,31)(H,32,35). The minimum atomic E-state index is -0.188. The number of ether oxygens (including phenoxy) is 2. The van der Waals surface area contributed by atoms with Crippen LogP contribution in [0, 0.1) is 0 Å². The fraction of sp³-hybridized carbons (Fsp3) is 0.241. The third kappa shape index (κ3) is 4.63. The Morgan fingerprint density at radius 2 is 2.05 bits per heavy atom. The van der Waals surface area contributed by atoms with Crippen LogP contribution in [0.15, 0.2) is 77.9 Å². The van der Waals surface area contributed by atoms with Gasteiger partial charge in [-0.2, -0.15) is 0 Å². The number of anilines is 3. The van der Waals surface area contributed by atoms with Crippen molar-refractivity contribution in [1.29, 1.82) is 0 Å². The highest BCUT2D eigenvalue weighted by molar-refractivity contribution is 5.59. The predicted octanol–water partition coefficient (Wildman–Crippen LogP) is 4.70. The van der Waals surface area contributed by atoms with E-state index in [1.54, 1.807) is 12.4 Å². The topological polar surface area (TPSA) is 91.5 Å². The molecule has 1 fully saturated rings. The summed E-state index contributed by atoms with van der Waals surface area (Å²) >= 11 is 0. The zero-order chi connectivity index (χ0) is 25.2. The number of hydrogen-bond donors (Lipinski definition) is 3. The van der Waals surface area contributed by atoms with Gasteiger partial charge in [-0.1, -0.05) is 24.3 Å². The summed E-state index contributed by atoms with van der Waals surface area (Å²) in [6, 6.07) is 20.2.